The molecule has 2 fully saturated rings. The third-order valence-corrected chi connectivity index (χ3v) is 5.90. The molecule has 6 nitrogen and oxygen atoms in total. The van der Waals surface area contributed by atoms with Crippen molar-refractivity contribution in [2.75, 3.05) is 0 Å². The fourth-order valence-corrected chi connectivity index (χ4v) is 4.65. The van der Waals surface area contributed by atoms with Crippen molar-refractivity contribution in [3.63, 3.8) is 0 Å². The van der Waals surface area contributed by atoms with Crippen LogP contribution in [0.5, 0.6) is 0 Å². The summed E-state index contributed by atoms with van der Waals surface area (Å²) in [6.45, 7) is 1.87. The SMILES string of the molecule is Cc1ccc(S(=O)(=O)O[C@H]2C[C@H]3C[C@H]2[C@H]([N+](=O)[O-])C3)cc1. The second-order valence-electron chi connectivity index (χ2n) is 5.99. The molecular formula is C14H17NO5S. The van der Waals surface area contributed by atoms with Gasteiger partial charge in [-0.15, -0.1) is 0 Å². The van der Waals surface area contributed by atoms with E-state index in [1.807, 2.05) is 6.92 Å². The van der Waals surface area contributed by atoms with Crippen LogP contribution in [0.4, 0.5) is 0 Å². The van der Waals surface area contributed by atoms with E-state index in [0.29, 0.717) is 19.3 Å². The molecule has 0 spiro atoms. The Morgan fingerprint density at radius 2 is 1.86 bits per heavy atom. The number of nitrogens with zero attached hydrogens (tertiary/aromatic N) is 1. The van der Waals surface area contributed by atoms with E-state index in [4.69, 9.17) is 4.18 Å². The van der Waals surface area contributed by atoms with E-state index < -0.39 is 22.3 Å². The van der Waals surface area contributed by atoms with E-state index in [-0.39, 0.29) is 21.7 Å². The molecule has 3 rings (SSSR count). The number of aryl methyl sites for hydroxylation is 1. The van der Waals surface area contributed by atoms with Crippen LogP contribution < -0.4 is 0 Å². The Labute approximate surface area is 123 Å². The third-order valence-electron chi connectivity index (χ3n) is 4.55. The first kappa shape index (κ1) is 14.5. The van der Waals surface area contributed by atoms with Gasteiger partial charge in [-0.2, -0.15) is 8.42 Å². The van der Waals surface area contributed by atoms with Gasteiger partial charge in [0.2, 0.25) is 6.04 Å². The van der Waals surface area contributed by atoms with Gasteiger partial charge in [-0.3, -0.25) is 14.3 Å². The van der Waals surface area contributed by atoms with Gasteiger partial charge >= 0.3 is 0 Å². The molecule has 7 heteroatoms. The molecule has 0 saturated heterocycles. The smallest absolute Gasteiger partial charge is 0.264 e. The quantitative estimate of drug-likeness (QED) is 0.483. The van der Waals surface area contributed by atoms with E-state index in [9.17, 15) is 18.5 Å². The Kier molecular flexibility index (Phi) is 3.49. The molecule has 21 heavy (non-hydrogen) atoms. The standard InChI is InChI=1S/C14H17NO5S/c1-9-2-4-11(5-3-9)21(18,19)20-14-8-10-6-12(14)13(7-10)15(16)17/h2-5,10,12-14H,6-8H2,1H3/t10-,12-,13+,14-/m0/s1. The second-order valence-corrected chi connectivity index (χ2v) is 7.56. The number of rotatable bonds is 4. The van der Waals surface area contributed by atoms with Crippen molar-refractivity contribution in [2.24, 2.45) is 11.8 Å². The van der Waals surface area contributed by atoms with Gasteiger partial charge in [0.1, 0.15) is 0 Å². The summed E-state index contributed by atoms with van der Waals surface area (Å²) < 4.78 is 29.8. The molecule has 2 saturated carbocycles. The largest absolute Gasteiger partial charge is 0.297 e. The number of fused-ring (bicyclic) bond motifs is 2. The lowest BCUT2D eigenvalue weighted by molar-refractivity contribution is -0.532. The van der Waals surface area contributed by atoms with E-state index in [1.54, 1.807) is 12.1 Å². The minimum Gasteiger partial charge on any atom is -0.264 e. The Morgan fingerprint density at radius 1 is 1.19 bits per heavy atom. The average Bonchev–Trinajstić information content (AvgIpc) is 2.98. The van der Waals surface area contributed by atoms with Crippen LogP contribution in [0, 0.1) is 28.9 Å². The molecule has 2 aliphatic rings. The number of hydrogen-bond donors (Lipinski definition) is 0. The Bertz CT molecular complexity index is 654. The molecule has 4 atom stereocenters. The lowest BCUT2D eigenvalue weighted by Gasteiger charge is -2.24. The van der Waals surface area contributed by atoms with Gasteiger partial charge in [0, 0.05) is 11.3 Å². The maximum absolute atomic E-state index is 12.3. The topological polar surface area (TPSA) is 86.5 Å². The highest BCUT2D eigenvalue weighted by Gasteiger charge is 2.54. The Hall–Kier alpha value is -1.47. The van der Waals surface area contributed by atoms with Crippen LogP contribution >= 0.6 is 0 Å². The van der Waals surface area contributed by atoms with Crippen molar-refractivity contribution >= 4 is 10.1 Å². The predicted octanol–water partition coefficient (Wildman–Crippen LogP) is 2.14. The van der Waals surface area contributed by atoms with Gasteiger partial charge in [-0.1, -0.05) is 17.7 Å². The molecular weight excluding hydrogens is 294 g/mol. The van der Waals surface area contributed by atoms with Gasteiger partial charge in [0.15, 0.2) is 0 Å². The lowest BCUT2D eigenvalue weighted by atomic mass is 9.93. The summed E-state index contributed by atoms with van der Waals surface area (Å²) in [5.41, 5.74) is 0.960. The molecule has 0 amide bonds. The zero-order chi connectivity index (χ0) is 15.2. The van der Waals surface area contributed by atoms with Gasteiger partial charge in [-0.25, -0.2) is 0 Å². The Morgan fingerprint density at radius 3 is 2.43 bits per heavy atom. The van der Waals surface area contributed by atoms with Gasteiger partial charge < -0.3 is 0 Å². The molecule has 2 bridgehead atoms. The number of benzene rings is 1. The zero-order valence-corrected chi connectivity index (χ0v) is 12.5. The highest BCUT2D eigenvalue weighted by Crippen LogP contribution is 2.47. The summed E-state index contributed by atoms with van der Waals surface area (Å²) in [4.78, 5) is 10.8. The van der Waals surface area contributed by atoms with Crippen molar-refractivity contribution in [3.05, 3.63) is 39.9 Å². The number of nitro groups is 1. The average molecular weight is 311 g/mol. The molecule has 0 aromatic heterocycles. The summed E-state index contributed by atoms with van der Waals surface area (Å²) in [5.74, 6) is -0.0751. The second kappa shape index (κ2) is 5.06. The van der Waals surface area contributed by atoms with Gasteiger partial charge in [0.05, 0.1) is 16.9 Å². The van der Waals surface area contributed by atoms with Crippen molar-refractivity contribution in [2.45, 2.75) is 43.2 Å². The summed E-state index contributed by atoms with van der Waals surface area (Å²) in [6.07, 6.45) is 1.27. The Balaban J connectivity index is 1.77. The molecule has 0 heterocycles. The molecule has 0 unspecified atom stereocenters. The minimum absolute atomic E-state index is 0.105. The first-order chi connectivity index (χ1) is 9.87. The van der Waals surface area contributed by atoms with Crippen LogP contribution in [0.15, 0.2) is 29.2 Å². The van der Waals surface area contributed by atoms with Crippen LogP contribution in [0.2, 0.25) is 0 Å². The summed E-state index contributed by atoms with van der Waals surface area (Å²) >= 11 is 0. The van der Waals surface area contributed by atoms with Crippen LogP contribution in [-0.2, 0) is 14.3 Å². The number of hydrogen-bond acceptors (Lipinski definition) is 5. The van der Waals surface area contributed by atoms with E-state index in [2.05, 4.69) is 0 Å². The van der Waals surface area contributed by atoms with Crippen molar-refractivity contribution in [1.29, 1.82) is 0 Å². The first-order valence-electron chi connectivity index (χ1n) is 7.00. The van der Waals surface area contributed by atoms with Crippen LogP contribution in [0.3, 0.4) is 0 Å². The molecule has 114 valence electrons. The zero-order valence-electron chi connectivity index (χ0n) is 11.6. The van der Waals surface area contributed by atoms with Crippen LogP contribution in [0.1, 0.15) is 24.8 Å². The molecule has 1 aromatic carbocycles. The van der Waals surface area contributed by atoms with E-state index >= 15 is 0 Å². The summed E-state index contributed by atoms with van der Waals surface area (Å²) in [6, 6.07) is 5.75. The highest BCUT2D eigenvalue weighted by atomic mass is 32.2. The molecule has 0 aliphatic heterocycles. The maximum Gasteiger partial charge on any atom is 0.297 e. The normalized spacial score (nSPS) is 31.5. The lowest BCUT2D eigenvalue weighted by Crippen LogP contribution is -2.37. The first-order valence-corrected chi connectivity index (χ1v) is 8.41. The summed E-state index contributed by atoms with van der Waals surface area (Å²) in [7, 11) is -3.85. The minimum atomic E-state index is -3.85. The van der Waals surface area contributed by atoms with Gasteiger partial charge in [-0.05, 0) is 37.8 Å². The molecule has 0 N–H and O–H groups in total. The highest BCUT2D eigenvalue weighted by molar-refractivity contribution is 7.86. The monoisotopic (exact) mass is 311 g/mol. The van der Waals surface area contributed by atoms with Crippen molar-refractivity contribution in [3.8, 4) is 0 Å². The van der Waals surface area contributed by atoms with Gasteiger partial charge in [0.25, 0.3) is 10.1 Å². The fourth-order valence-electron chi connectivity index (χ4n) is 3.53. The van der Waals surface area contributed by atoms with E-state index in [1.165, 1.54) is 12.1 Å². The van der Waals surface area contributed by atoms with Crippen LogP contribution in [0.25, 0.3) is 0 Å². The summed E-state index contributed by atoms with van der Waals surface area (Å²) in [5, 5.41) is 11.0. The van der Waals surface area contributed by atoms with Crippen LogP contribution in [-0.4, -0.2) is 25.5 Å². The maximum atomic E-state index is 12.3. The molecule has 0 radical (unpaired) electrons. The van der Waals surface area contributed by atoms with Crippen molar-refractivity contribution in [1.82, 2.24) is 0 Å². The fraction of sp³-hybridized carbons (Fsp3) is 0.571. The van der Waals surface area contributed by atoms with Crippen molar-refractivity contribution < 1.29 is 17.5 Å². The predicted molar refractivity (Wildman–Crippen MR) is 74.9 cm³/mol. The third kappa shape index (κ3) is 2.67. The molecule has 2 aliphatic carbocycles. The molecule has 1 aromatic rings. The van der Waals surface area contributed by atoms with E-state index in [0.717, 1.165) is 5.56 Å².